The molecule has 3 rings (SSSR count). The van der Waals surface area contributed by atoms with Crippen molar-refractivity contribution in [3.63, 3.8) is 0 Å². The zero-order valence-electron chi connectivity index (χ0n) is 15.7. The molecule has 0 bridgehead atoms. The average Bonchev–Trinajstić information content (AvgIpc) is 3.15. The number of hydrogen-bond acceptors (Lipinski definition) is 3. The van der Waals surface area contributed by atoms with E-state index < -0.39 is 0 Å². The van der Waals surface area contributed by atoms with Crippen molar-refractivity contribution in [2.75, 3.05) is 18.0 Å². The number of halogens is 2. The highest BCUT2D eigenvalue weighted by Gasteiger charge is 2.17. The number of nitrogens with two attached hydrogens (primary N) is 1. The van der Waals surface area contributed by atoms with Crippen LogP contribution in [0.5, 0.6) is 0 Å². The molecule has 27 heavy (non-hydrogen) atoms. The zero-order valence-corrected chi connectivity index (χ0v) is 17.2. The summed E-state index contributed by atoms with van der Waals surface area (Å²) in [6.45, 7) is 6.58. The topological polar surface area (TPSA) is 66.5 Å². The van der Waals surface area contributed by atoms with Crippen LogP contribution in [0.2, 0.25) is 10.0 Å². The number of benzene rings is 1. The van der Waals surface area contributed by atoms with E-state index in [0.29, 0.717) is 22.5 Å². The van der Waals surface area contributed by atoms with Crippen molar-refractivity contribution in [2.24, 2.45) is 10.7 Å². The van der Waals surface area contributed by atoms with Gasteiger partial charge in [-0.3, -0.25) is 0 Å². The lowest BCUT2D eigenvalue weighted by Crippen LogP contribution is -2.34. The molecule has 1 aliphatic rings. The van der Waals surface area contributed by atoms with Gasteiger partial charge < -0.3 is 16.0 Å². The van der Waals surface area contributed by atoms with Crippen LogP contribution in [0, 0.1) is 6.92 Å². The smallest absolute Gasteiger partial charge is 0.189 e. The third kappa shape index (κ3) is 5.05. The molecule has 0 radical (unpaired) electrons. The molecule has 144 valence electrons. The molecule has 1 aromatic heterocycles. The van der Waals surface area contributed by atoms with E-state index in [2.05, 4.69) is 21.3 Å². The zero-order chi connectivity index (χ0) is 19.4. The van der Waals surface area contributed by atoms with Gasteiger partial charge in [-0.1, -0.05) is 35.3 Å². The molecule has 0 spiro atoms. The molecular weight excluding hydrogens is 381 g/mol. The summed E-state index contributed by atoms with van der Waals surface area (Å²) in [7, 11) is 0. The van der Waals surface area contributed by atoms with E-state index in [1.165, 1.54) is 12.8 Å². The molecule has 1 aromatic carbocycles. The van der Waals surface area contributed by atoms with E-state index in [-0.39, 0.29) is 6.04 Å². The van der Waals surface area contributed by atoms with Crippen molar-refractivity contribution in [3.8, 4) is 0 Å². The Labute approximate surface area is 170 Å². The summed E-state index contributed by atoms with van der Waals surface area (Å²) < 4.78 is 0. The van der Waals surface area contributed by atoms with Crippen LogP contribution in [0.1, 0.15) is 42.6 Å². The molecule has 0 aliphatic carbocycles. The molecule has 1 saturated heterocycles. The van der Waals surface area contributed by atoms with Crippen LogP contribution in [-0.2, 0) is 6.54 Å². The lowest BCUT2D eigenvalue weighted by atomic mass is 10.1. The van der Waals surface area contributed by atoms with Gasteiger partial charge in [0.2, 0.25) is 0 Å². The molecule has 1 unspecified atom stereocenters. The lowest BCUT2D eigenvalue weighted by Gasteiger charge is -2.20. The third-order valence-corrected chi connectivity index (χ3v) is 5.28. The van der Waals surface area contributed by atoms with Crippen LogP contribution in [0.15, 0.2) is 35.3 Å². The van der Waals surface area contributed by atoms with Gasteiger partial charge >= 0.3 is 0 Å². The molecule has 2 aromatic rings. The fraction of sp³-hybridized carbons (Fsp3) is 0.400. The van der Waals surface area contributed by atoms with E-state index in [1.807, 2.05) is 32.0 Å². The molecule has 5 nitrogen and oxygen atoms in total. The molecular formula is C20H25Cl2N5. The predicted octanol–water partition coefficient (Wildman–Crippen LogP) is 4.46. The second-order valence-electron chi connectivity index (χ2n) is 6.86. The van der Waals surface area contributed by atoms with Crippen LogP contribution in [-0.4, -0.2) is 24.0 Å². The Bertz CT molecular complexity index is 831. The average molecular weight is 406 g/mol. The summed E-state index contributed by atoms with van der Waals surface area (Å²) in [6.07, 6.45) is 2.42. The minimum atomic E-state index is -0.0762. The summed E-state index contributed by atoms with van der Waals surface area (Å²) in [6, 6.07) is 9.47. The molecule has 0 saturated carbocycles. The highest BCUT2D eigenvalue weighted by atomic mass is 35.5. The van der Waals surface area contributed by atoms with Crippen molar-refractivity contribution < 1.29 is 0 Å². The number of aliphatic imine (C=N–C) groups is 1. The minimum Gasteiger partial charge on any atom is -0.370 e. The fourth-order valence-electron chi connectivity index (χ4n) is 3.27. The number of nitrogens with one attached hydrogen (secondary N) is 1. The van der Waals surface area contributed by atoms with Crippen molar-refractivity contribution in [1.82, 2.24) is 10.3 Å². The Kier molecular flexibility index (Phi) is 6.45. The number of nitrogens with zero attached hydrogens (tertiary/aromatic N) is 3. The normalized spacial score (nSPS) is 15.9. The summed E-state index contributed by atoms with van der Waals surface area (Å²) in [5, 5.41) is 4.41. The number of rotatable bonds is 5. The minimum absolute atomic E-state index is 0.0762. The van der Waals surface area contributed by atoms with Gasteiger partial charge in [0.1, 0.15) is 5.82 Å². The molecule has 2 heterocycles. The third-order valence-electron chi connectivity index (χ3n) is 4.71. The Balaban J connectivity index is 1.70. The van der Waals surface area contributed by atoms with Crippen LogP contribution in [0.25, 0.3) is 0 Å². The first-order valence-electron chi connectivity index (χ1n) is 9.17. The summed E-state index contributed by atoms with van der Waals surface area (Å²) >= 11 is 12.2. The van der Waals surface area contributed by atoms with E-state index >= 15 is 0 Å². The van der Waals surface area contributed by atoms with Gasteiger partial charge in [-0.15, -0.1) is 0 Å². The number of guanidine groups is 1. The van der Waals surface area contributed by atoms with Crippen molar-refractivity contribution >= 4 is 35.0 Å². The van der Waals surface area contributed by atoms with Gasteiger partial charge in [0, 0.05) is 34.4 Å². The molecule has 1 fully saturated rings. The number of aromatic nitrogens is 1. The van der Waals surface area contributed by atoms with E-state index in [0.717, 1.165) is 35.7 Å². The fourth-order valence-corrected chi connectivity index (χ4v) is 3.84. The Morgan fingerprint density at radius 1 is 1.26 bits per heavy atom. The number of hydrogen-bond donors (Lipinski definition) is 2. The maximum Gasteiger partial charge on any atom is 0.189 e. The summed E-state index contributed by atoms with van der Waals surface area (Å²) in [5.41, 5.74) is 9.14. The molecule has 1 aliphatic heterocycles. The number of aryl methyl sites for hydroxylation is 1. The van der Waals surface area contributed by atoms with E-state index in [4.69, 9.17) is 33.9 Å². The Morgan fingerprint density at radius 3 is 2.70 bits per heavy atom. The number of pyridine rings is 1. The van der Waals surface area contributed by atoms with Gasteiger partial charge in [-0.25, -0.2) is 9.98 Å². The van der Waals surface area contributed by atoms with Gasteiger partial charge in [-0.2, -0.15) is 0 Å². The lowest BCUT2D eigenvalue weighted by molar-refractivity contribution is 0.707. The van der Waals surface area contributed by atoms with Gasteiger partial charge in [0.05, 0.1) is 12.6 Å². The Hall–Kier alpha value is -1.98. The van der Waals surface area contributed by atoms with Gasteiger partial charge in [0.15, 0.2) is 5.96 Å². The predicted molar refractivity (Wildman–Crippen MR) is 114 cm³/mol. The highest BCUT2D eigenvalue weighted by molar-refractivity contribution is 6.35. The monoisotopic (exact) mass is 405 g/mol. The second-order valence-corrected chi connectivity index (χ2v) is 7.71. The highest BCUT2D eigenvalue weighted by Crippen LogP contribution is 2.26. The van der Waals surface area contributed by atoms with Gasteiger partial charge in [0.25, 0.3) is 0 Å². The van der Waals surface area contributed by atoms with Crippen molar-refractivity contribution in [2.45, 2.75) is 39.3 Å². The quantitative estimate of drug-likeness (QED) is 0.568. The van der Waals surface area contributed by atoms with Crippen molar-refractivity contribution in [1.29, 1.82) is 0 Å². The van der Waals surface area contributed by atoms with Crippen molar-refractivity contribution in [3.05, 3.63) is 57.2 Å². The summed E-state index contributed by atoms with van der Waals surface area (Å²) in [5.74, 6) is 1.40. The van der Waals surface area contributed by atoms with Gasteiger partial charge in [-0.05, 0) is 50.5 Å². The van der Waals surface area contributed by atoms with E-state index in [1.54, 1.807) is 6.07 Å². The van der Waals surface area contributed by atoms with Crippen LogP contribution in [0.3, 0.4) is 0 Å². The van der Waals surface area contributed by atoms with Crippen LogP contribution < -0.4 is 16.0 Å². The molecule has 1 atom stereocenters. The maximum absolute atomic E-state index is 6.27. The number of anilines is 1. The standard InChI is InChI=1S/C20H25Cl2N5/c1-13-5-6-15(19(25-13)27-9-3-4-10-27)12-24-20(23)26-14(2)17-8-7-16(21)11-18(17)22/h5-8,11,14H,3-4,9-10,12H2,1-2H3,(H3,23,24,26). The maximum atomic E-state index is 6.27. The first kappa shape index (κ1) is 19.8. The van der Waals surface area contributed by atoms with Crippen LogP contribution in [0.4, 0.5) is 5.82 Å². The first-order valence-corrected chi connectivity index (χ1v) is 9.92. The SMILES string of the molecule is Cc1ccc(CN=C(N)NC(C)c2ccc(Cl)cc2Cl)c(N2CCCC2)n1. The first-order chi connectivity index (χ1) is 12.9. The molecule has 0 amide bonds. The van der Waals surface area contributed by atoms with Crippen LogP contribution >= 0.6 is 23.2 Å². The van der Waals surface area contributed by atoms with E-state index in [9.17, 15) is 0 Å². The largest absolute Gasteiger partial charge is 0.370 e. The summed E-state index contributed by atoms with van der Waals surface area (Å²) in [4.78, 5) is 11.6. The second kappa shape index (κ2) is 8.81. The molecule has 7 heteroatoms. The Morgan fingerprint density at radius 2 is 2.00 bits per heavy atom. The molecule has 3 N–H and O–H groups in total.